The second-order valence-electron chi connectivity index (χ2n) is 4.65. The number of rotatable bonds is 3. The Morgan fingerprint density at radius 2 is 2.00 bits per heavy atom. The van der Waals surface area contributed by atoms with Crippen LogP contribution in [0.2, 0.25) is 0 Å². The molecule has 0 bridgehead atoms. The maximum atomic E-state index is 12.4. The predicted molar refractivity (Wildman–Crippen MR) is 84.9 cm³/mol. The molecule has 0 saturated carbocycles. The molecule has 6 nitrogen and oxygen atoms in total. The Bertz CT molecular complexity index is 831. The highest BCUT2D eigenvalue weighted by Gasteiger charge is 2.13. The molecule has 3 aromatic rings. The zero-order chi connectivity index (χ0) is 15.5. The van der Waals surface area contributed by atoms with Gasteiger partial charge in [-0.25, -0.2) is 9.97 Å². The van der Waals surface area contributed by atoms with Gasteiger partial charge in [0.15, 0.2) is 5.65 Å². The molecule has 3 N–H and O–H groups in total. The molecule has 0 aliphatic rings. The maximum Gasteiger partial charge on any atom is 0.259 e. The fourth-order valence-electron chi connectivity index (χ4n) is 2.07. The second kappa shape index (κ2) is 5.69. The van der Waals surface area contributed by atoms with Gasteiger partial charge in [0.1, 0.15) is 11.6 Å². The van der Waals surface area contributed by atoms with Crippen LogP contribution in [-0.2, 0) is 0 Å². The highest BCUT2D eigenvalue weighted by atomic mass is 16.5. The highest BCUT2D eigenvalue weighted by molar-refractivity contribution is 6.08. The Hall–Kier alpha value is -3.15. The lowest BCUT2D eigenvalue weighted by molar-refractivity contribution is 0.102. The van der Waals surface area contributed by atoms with Crippen molar-refractivity contribution in [2.75, 3.05) is 18.2 Å². The molecule has 0 atom stereocenters. The van der Waals surface area contributed by atoms with Crippen molar-refractivity contribution in [2.24, 2.45) is 0 Å². The van der Waals surface area contributed by atoms with Crippen molar-refractivity contribution in [1.29, 1.82) is 0 Å². The van der Waals surface area contributed by atoms with Crippen LogP contribution in [0.1, 0.15) is 10.4 Å². The molecule has 22 heavy (non-hydrogen) atoms. The number of hydrogen-bond acceptors (Lipinski definition) is 5. The summed E-state index contributed by atoms with van der Waals surface area (Å²) in [7, 11) is 1.59. The van der Waals surface area contributed by atoms with E-state index in [1.54, 1.807) is 49.7 Å². The number of pyridine rings is 2. The zero-order valence-corrected chi connectivity index (χ0v) is 11.9. The van der Waals surface area contributed by atoms with E-state index in [1.807, 2.05) is 6.07 Å². The number of fused-ring (bicyclic) bond motifs is 1. The molecule has 0 unspecified atom stereocenters. The highest BCUT2D eigenvalue weighted by Crippen LogP contribution is 2.19. The van der Waals surface area contributed by atoms with Crippen LogP contribution < -0.4 is 15.8 Å². The number of ether oxygens (including phenoxy) is 1. The lowest BCUT2D eigenvalue weighted by Crippen LogP contribution is -2.15. The van der Waals surface area contributed by atoms with Crippen LogP contribution in [0.3, 0.4) is 0 Å². The Labute approximate surface area is 127 Å². The number of nitrogens with zero attached hydrogens (tertiary/aromatic N) is 2. The summed E-state index contributed by atoms with van der Waals surface area (Å²) in [6, 6.07) is 12.3. The first-order valence-corrected chi connectivity index (χ1v) is 6.64. The first kappa shape index (κ1) is 13.8. The normalized spacial score (nSPS) is 10.4. The summed E-state index contributed by atoms with van der Waals surface area (Å²) in [5, 5.41) is 3.54. The van der Waals surface area contributed by atoms with Crippen LogP contribution in [0, 0.1) is 0 Å². The van der Waals surface area contributed by atoms with Gasteiger partial charge in [-0.05, 0) is 42.5 Å². The van der Waals surface area contributed by atoms with Gasteiger partial charge >= 0.3 is 0 Å². The Balaban J connectivity index is 1.89. The van der Waals surface area contributed by atoms with Crippen LogP contribution in [0.4, 0.5) is 11.5 Å². The number of amides is 1. The Morgan fingerprint density at radius 3 is 2.73 bits per heavy atom. The van der Waals surface area contributed by atoms with E-state index in [0.29, 0.717) is 16.9 Å². The van der Waals surface area contributed by atoms with Crippen molar-refractivity contribution >= 4 is 28.4 Å². The summed E-state index contributed by atoms with van der Waals surface area (Å²) < 4.78 is 5.08. The molecule has 2 heterocycles. The van der Waals surface area contributed by atoms with E-state index in [9.17, 15) is 4.79 Å². The molecule has 2 aromatic heterocycles. The van der Waals surface area contributed by atoms with E-state index in [4.69, 9.17) is 10.5 Å². The van der Waals surface area contributed by atoms with Gasteiger partial charge in [-0.3, -0.25) is 4.79 Å². The van der Waals surface area contributed by atoms with Crippen molar-refractivity contribution in [3.8, 4) is 5.75 Å². The summed E-state index contributed by atoms with van der Waals surface area (Å²) in [6.07, 6.45) is 1.63. The van der Waals surface area contributed by atoms with Crippen molar-refractivity contribution < 1.29 is 9.53 Å². The summed E-state index contributed by atoms with van der Waals surface area (Å²) in [5.74, 6) is 0.550. The lowest BCUT2D eigenvalue weighted by Gasteiger charge is -2.08. The van der Waals surface area contributed by atoms with E-state index < -0.39 is 0 Å². The Morgan fingerprint density at radius 1 is 1.23 bits per heavy atom. The number of carbonyl (C=O) groups excluding carboxylic acids is 1. The first-order valence-electron chi connectivity index (χ1n) is 6.64. The average Bonchev–Trinajstić information content (AvgIpc) is 2.54. The largest absolute Gasteiger partial charge is 0.497 e. The molecule has 3 rings (SSSR count). The fraction of sp³-hybridized carbons (Fsp3) is 0.0625. The molecular formula is C16H14N4O2. The predicted octanol–water partition coefficient (Wildman–Crippen LogP) is 2.47. The molecule has 0 aliphatic carbocycles. The van der Waals surface area contributed by atoms with Gasteiger partial charge in [-0.15, -0.1) is 0 Å². The first-order chi connectivity index (χ1) is 10.7. The number of carbonyl (C=O) groups is 1. The number of aromatic nitrogens is 2. The van der Waals surface area contributed by atoms with Crippen molar-refractivity contribution in [3.05, 3.63) is 54.2 Å². The molecule has 1 amide bonds. The number of hydrogen-bond donors (Lipinski definition) is 2. The quantitative estimate of drug-likeness (QED) is 0.774. The minimum atomic E-state index is -0.319. The topological polar surface area (TPSA) is 90.1 Å². The van der Waals surface area contributed by atoms with E-state index in [0.717, 1.165) is 11.1 Å². The molecule has 0 radical (unpaired) electrons. The minimum absolute atomic E-state index is 0.150. The third kappa shape index (κ3) is 2.67. The number of methoxy groups -OCH3 is 1. The van der Waals surface area contributed by atoms with Gasteiger partial charge in [-0.1, -0.05) is 0 Å². The second-order valence-corrected chi connectivity index (χ2v) is 4.65. The number of benzene rings is 1. The van der Waals surface area contributed by atoms with Crippen molar-refractivity contribution in [1.82, 2.24) is 9.97 Å². The third-order valence-electron chi connectivity index (χ3n) is 3.21. The van der Waals surface area contributed by atoms with Crippen LogP contribution in [0.25, 0.3) is 11.0 Å². The van der Waals surface area contributed by atoms with Crippen LogP contribution in [-0.4, -0.2) is 23.0 Å². The fourth-order valence-corrected chi connectivity index (χ4v) is 2.07. The summed E-state index contributed by atoms with van der Waals surface area (Å²) in [6.45, 7) is 0. The molecule has 0 fully saturated rings. The SMILES string of the molecule is COc1ccc(NC(=O)c2cc3cccnc3nc2N)cc1. The lowest BCUT2D eigenvalue weighted by atomic mass is 10.1. The summed E-state index contributed by atoms with van der Waals surface area (Å²) in [4.78, 5) is 20.6. The van der Waals surface area contributed by atoms with Gasteiger partial charge in [0.25, 0.3) is 5.91 Å². The molecule has 110 valence electrons. The van der Waals surface area contributed by atoms with Gasteiger partial charge < -0.3 is 15.8 Å². The molecule has 0 spiro atoms. The summed E-state index contributed by atoms with van der Waals surface area (Å²) in [5.41, 5.74) is 7.34. The third-order valence-corrected chi connectivity index (χ3v) is 3.21. The minimum Gasteiger partial charge on any atom is -0.497 e. The van der Waals surface area contributed by atoms with Gasteiger partial charge in [0.2, 0.25) is 0 Å². The van der Waals surface area contributed by atoms with Crippen LogP contribution in [0.5, 0.6) is 5.75 Å². The smallest absolute Gasteiger partial charge is 0.259 e. The van der Waals surface area contributed by atoms with Crippen LogP contribution >= 0.6 is 0 Å². The molecular weight excluding hydrogens is 280 g/mol. The number of nitrogens with one attached hydrogen (secondary N) is 1. The van der Waals surface area contributed by atoms with Crippen molar-refractivity contribution in [2.45, 2.75) is 0 Å². The number of nitrogens with two attached hydrogens (primary N) is 1. The number of nitrogen functional groups attached to an aromatic ring is 1. The van der Waals surface area contributed by atoms with E-state index in [2.05, 4.69) is 15.3 Å². The summed E-state index contributed by atoms with van der Waals surface area (Å²) >= 11 is 0. The average molecular weight is 294 g/mol. The standard InChI is InChI=1S/C16H14N4O2/c1-22-12-6-4-11(5-7-12)19-16(21)13-9-10-3-2-8-18-15(10)20-14(13)17/h2-9H,1H3,(H,19,21)(H2,17,18,20). The van der Waals surface area contributed by atoms with Crippen LogP contribution in [0.15, 0.2) is 48.7 Å². The maximum absolute atomic E-state index is 12.4. The molecule has 1 aromatic carbocycles. The monoisotopic (exact) mass is 294 g/mol. The molecule has 6 heteroatoms. The van der Waals surface area contributed by atoms with E-state index in [1.165, 1.54) is 0 Å². The van der Waals surface area contributed by atoms with Gasteiger partial charge in [0.05, 0.1) is 12.7 Å². The Kier molecular flexibility index (Phi) is 3.57. The van der Waals surface area contributed by atoms with E-state index in [-0.39, 0.29) is 11.7 Å². The van der Waals surface area contributed by atoms with E-state index >= 15 is 0 Å². The number of anilines is 2. The van der Waals surface area contributed by atoms with Crippen molar-refractivity contribution in [3.63, 3.8) is 0 Å². The zero-order valence-electron chi connectivity index (χ0n) is 11.9. The molecule has 0 aliphatic heterocycles. The molecule has 0 saturated heterocycles. The van der Waals surface area contributed by atoms with Gasteiger partial charge in [0, 0.05) is 17.3 Å². The van der Waals surface area contributed by atoms with Gasteiger partial charge in [-0.2, -0.15) is 0 Å².